The smallest absolute Gasteiger partial charge is 0.311 e. The van der Waals surface area contributed by atoms with Crippen molar-refractivity contribution in [2.75, 3.05) is 20.3 Å². The van der Waals surface area contributed by atoms with Crippen LogP contribution < -0.4 is 10.1 Å². The Morgan fingerprint density at radius 2 is 1.71 bits per heavy atom. The molecule has 3 aromatic carbocycles. The third-order valence-corrected chi connectivity index (χ3v) is 5.59. The number of ether oxygens (including phenoxy) is 2. The Morgan fingerprint density at radius 1 is 1.00 bits per heavy atom. The lowest BCUT2D eigenvalue weighted by Crippen LogP contribution is -2.27. The number of hydrogen-bond donors (Lipinski definition) is 1. The van der Waals surface area contributed by atoms with Gasteiger partial charge in [-0.05, 0) is 41.0 Å². The first-order valence-electron chi connectivity index (χ1n) is 9.74. The Balaban J connectivity index is 1.70. The van der Waals surface area contributed by atoms with E-state index in [9.17, 15) is 4.79 Å². The summed E-state index contributed by atoms with van der Waals surface area (Å²) in [4.78, 5) is 12.9. The molecular weight excluding hydrogens is 350 g/mol. The minimum atomic E-state index is -0.269. The van der Waals surface area contributed by atoms with Crippen LogP contribution in [0.5, 0.6) is 5.75 Å². The van der Waals surface area contributed by atoms with Crippen LogP contribution in [-0.4, -0.2) is 26.2 Å². The van der Waals surface area contributed by atoms with E-state index in [4.69, 9.17) is 9.47 Å². The second-order valence-electron chi connectivity index (χ2n) is 7.15. The summed E-state index contributed by atoms with van der Waals surface area (Å²) in [6.45, 7) is 2.97. The van der Waals surface area contributed by atoms with Crippen LogP contribution in [0, 0.1) is 5.92 Å². The topological polar surface area (TPSA) is 47.6 Å². The molecule has 144 valence electrons. The van der Waals surface area contributed by atoms with Crippen molar-refractivity contribution in [1.82, 2.24) is 5.32 Å². The van der Waals surface area contributed by atoms with Crippen molar-refractivity contribution < 1.29 is 14.3 Å². The fourth-order valence-electron chi connectivity index (χ4n) is 4.18. The van der Waals surface area contributed by atoms with Crippen molar-refractivity contribution in [2.45, 2.75) is 18.9 Å². The Hall–Kier alpha value is -2.85. The molecule has 1 saturated heterocycles. The molecule has 4 heteroatoms. The summed E-state index contributed by atoms with van der Waals surface area (Å²) in [5.74, 6) is 0.456. The van der Waals surface area contributed by atoms with E-state index in [0.29, 0.717) is 6.61 Å². The number of rotatable bonds is 5. The first kappa shape index (κ1) is 18.5. The first-order chi connectivity index (χ1) is 13.7. The molecule has 3 atom stereocenters. The summed E-state index contributed by atoms with van der Waals surface area (Å²) in [5.41, 5.74) is 2.24. The van der Waals surface area contributed by atoms with Gasteiger partial charge < -0.3 is 14.8 Å². The summed E-state index contributed by atoms with van der Waals surface area (Å²) in [6, 6.07) is 22.6. The zero-order valence-corrected chi connectivity index (χ0v) is 16.2. The van der Waals surface area contributed by atoms with Crippen molar-refractivity contribution >= 4 is 16.7 Å². The van der Waals surface area contributed by atoms with Crippen molar-refractivity contribution in [2.24, 2.45) is 5.92 Å². The summed E-state index contributed by atoms with van der Waals surface area (Å²) in [6.07, 6.45) is 0. The molecule has 0 amide bonds. The van der Waals surface area contributed by atoms with Gasteiger partial charge in [0.2, 0.25) is 0 Å². The van der Waals surface area contributed by atoms with Crippen LogP contribution in [0.2, 0.25) is 0 Å². The molecule has 1 heterocycles. The number of carbonyl (C=O) groups excluding carboxylic acids is 1. The van der Waals surface area contributed by atoms with Crippen molar-refractivity contribution in [3.63, 3.8) is 0 Å². The third kappa shape index (κ3) is 3.48. The zero-order chi connectivity index (χ0) is 19.5. The number of carbonyl (C=O) groups is 1. The van der Waals surface area contributed by atoms with Crippen LogP contribution in [-0.2, 0) is 9.53 Å². The molecule has 0 aromatic heterocycles. The van der Waals surface area contributed by atoms with Crippen molar-refractivity contribution in [3.8, 4) is 5.75 Å². The summed E-state index contributed by atoms with van der Waals surface area (Å²) < 4.78 is 10.7. The third-order valence-electron chi connectivity index (χ3n) is 5.59. The van der Waals surface area contributed by atoms with Crippen LogP contribution in [0.25, 0.3) is 10.8 Å². The molecule has 0 bridgehead atoms. The van der Waals surface area contributed by atoms with Gasteiger partial charge in [0.25, 0.3) is 0 Å². The maximum atomic E-state index is 12.9. The second kappa shape index (κ2) is 8.03. The van der Waals surface area contributed by atoms with Gasteiger partial charge in [-0.15, -0.1) is 0 Å². The summed E-state index contributed by atoms with van der Waals surface area (Å²) >= 11 is 0. The van der Waals surface area contributed by atoms with E-state index in [2.05, 4.69) is 35.6 Å². The molecule has 0 unspecified atom stereocenters. The molecule has 4 rings (SSSR count). The van der Waals surface area contributed by atoms with Crippen LogP contribution in [0.4, 0.5) is 0 Å². The molecule has 1 aliphatic rings. The van der Waals surface area contributed by atoms with Gasteiger partial charge in [-0.1, -0.05) is 54.6 Å². The molecule has 0 saturated carbocycles. The number of nitrogens with one attached hydrogen (secondary N) is 1. The monoisotopic (exact) mass is 375 g/mol. The highest BCUT2D eigenvalue weighted by Crippen LogP contribution is 2.41. The first-order valence-corrected chi connectivity index (χ1v) is 9.74. The molecule has 28 heavy (non-hydrogen) atoms. The average Bonchev–Trinajstić information content (AvgIpc) is 3.19. The van der Waals surface area contributed by atoms with Crippen LogP contribution in [0.15, 0.2) is 66.7 Å². The largest absolute Gasteiger partial charge is 0.497 e. The van der Waals surface area contributed by atoms with Crippen molar-refractivity contribution in [3.05, 3.63) is 77.9 Å². The molecular formula is C24H25NO3. The van der Waals surface area contributed by atoms with Gasteiger partial charge in [0.05, 0.1) is 19.6 Å². The highest BCUT2D eigenvalue weighted by molar-refractivity contribution is 5.83. The summed E-state index contributed by atoms with van der Waals surface area (Å²) in [7, 11) is 1.65. The van der Waals surface area contributed by atoms with Gasteiger partial charge in [-0.25, -0.2) is 0 Å². The quantitative estimate of drug-likeness (QED) is 0.669. The Morgan fingerprint density at radius 3 is 2.43 bits per heavy atom. The van der Waals surface area contributed by atoms with Crippen LogP contribution in [0.3, 0.4) is 0 Å². The van der Waals surface area contributed by atoms with E-state index >= 15 is 0 Å². The van der Waals surface area contributed by atoms with E-state index < -0.39 is 0 Å². The lowest BCUT2D eigenvalue weighted by Gasteiger charge is -2.23. The maximum Gasteiger partial charge on any atom is 0.311 e. The fraction of sp³-hybridized carbons (Fsp3) is 0.292. The number of hydrogen-bond acceptors (Lipinski definition) is 4. The highest BCUT2D eigenvalue weighted by atomic mass is 16.5. The molecule has 4 nitrogen and oxygen atoms in total. The van der Waals surface area contributed by atoms with E-state index in [1.807, 2.05) is 43.3 Å². The van der Waals surface area contributed by atoms with Crippen molar-refractivity contribution in [1.29, 1.82) is 0 Å². The van der Waals surface area contributed by atoms with Gasteiger partial charge in [0.1, 0.15) is 5.75 Å². The SMILES string of the molecule is CCOC(=O)[C@H]1[C@@H](c2ccc3ccccc3c2)CN[C@H]1c1ccc(OC)cc1. The van der Waals surface area contributed by atoms with Gasteiger partial charge in [-0.2, -0.15) is 0 Å². The maximum absolute atomic E-state index is 12.9. The van der Waals surface area contributed by atoms with E-state index in [1.165, 1.54) is 16.3 Å². The standard InChI is InChI=1S/C24H25NO3/c1-3-28-24(26)22-21(19-9-8-16-6-4-5-7-18(16)14-19)15-25-23(22)17-10-12-20(27-2)13-11-17/h4-14,21-23,25H,3,15H2,1-2H3/t21-,22+,23+/m1/s1. The molecule has 3 aromatic rings. The molecule has 1 aliphatic heterocycles. The predicted molar refractivity (Wildman–Crippen MR) is 111 cm³/mol. The molecule has 0 radical (unpaired) electrons. The molecule has 1 fully saturated rings. The van der Waals surface area contributed by atoms with E-state index in [0.717, 1.165) is 17.9 Å². The zero-order valence-electron chi connectivity index (χ0n) is 16.2. The number of fused-ring (bicyclic) bond motifs is 1. The lowest BCUT2D eigenvalue weighted by atomic mass is 9.82. The molecule has 0 spiro atoms. The minimum Gasteiger partial charge on any atom is -0.497 e. The van der Waals surface area contributed by atoms with Gasteiger partial charge >= 0.3 is 5.97 Å². The number of methoxy groups -OCH3 is 1. The Bertz CT molecular complexity index is 967. The van der Waals surface area contributed by atoms with Crippen LogP contribution in [0.1, 0.15) is 30.0 Å². The van der Waals surface area contributed by atoms with Gasteiger partial charge in [0.15, 0.2) is 0 Å². The summed E-state index contributed by atoms with van der Waals surface area (Å²) in [5, 5.41) is 5.95. The second-order valence-corrected chi connectivity index (χ2v) is 7.15. The highest BCUT2D eigenvalue weighted by Gasteiger charge is 2.43. The van der Waals surface area contributed by atoms with Gasteiger partial charge in [0, 0.05) is 18.5 Å². The van der Waals surface area contributed by atoms with E-state index in [1.54, 1.807) is 7.11 Å². The normalized spacial score (nSPS) is 21.6. The van der Waals surface area contributed by atoms with Gasteiger partial charge in [-0.3, -0.25) is 4.79 Å². The number of esters is 1. The Labute approximate surface area is 165 Å². The fourth-order valence-corrected chi connectivity index (χ4v) is 4.18. The Kier molecular flexibility index (Phi) is 5.31. The average molecular weight is 375 g/mol. The molecule has 0 aliphatic carbocycles. The van der Waals surface area contributed by atoms with E-state index in [-0.39, 0.29) is 23.8 Å². The predicted octanol–water partition coefficient (Wildman–Crippen LogP) is 4.46. The minimum absolute atomic E-state index is 0.0655. The number of benzene rings is 3. The van der Waals surface area contributed by atoms with Crippen LogP contribution >= 0.6 is 0 Å². The lowest BCUT2D eigenvalue weighted by molar-refractivity contribution is -0.148. The molecule has 1 N–H and O–H groups in total.